The van der Waals surface area contributed by atoms with Crippen molar-refractivity contribution in [3.05, 3.63) is 70.8 Å². The molecule has 1 N–H and O–H groups in total. The Morgan fingerprint density at radius 3 is 1.90 bits per heavy atom. The summed E-state index contributed by atoms with van der Waals surface area (Å²) in [5.41, 5.74) is 2.58. The molecule has 2 aromatic carbocycles. The van der Waals surface area contributed by atoms with Crippen molar-refractivity contribution in [3.63, 3.8) is 0 Å². The summed E-state index contributed by atoms with van der Waals surface area (Å²) in [5.74, 6) is -0.231. The van der Waals surface area contributed by atoms with E-state index in [1.807, 2.05) is 13.8 Å². The summed E-state index contributed by atoms with van der Waals surface area (Å²) >= 11 is 0. The molecule has 2 rings (SSSR count). The summed E-state index contributed by atoms with van der Waals surface area (Å²) in [6.45, 7) is 9.00. The zero-order valence-corrected chi connectivity index (χ0v) is 19.2. The number of carbonyl (C=O) groups excluding carboxylic acids is 2. The van der Waals surface area contributed by atoms with Crippen LogP contribution in [-0.4, -0.2) is 30.9 Å². The Bertz CT molecular complexity index is 985. The second-order valence-corrected chi connectivity index (χ2v) is 11.4. The second-order valence-electron chi connectivity index (χ2n) is 8.65. The van der Waals surface area contributed by atoms with Gasteiger partial charge in [0.25, 0.3) is 5.91 Å². The molecule has 0 saturated carbocycles. The number of carbonyl (C=O) groups is 2. The third-order valence-electron chi connectivity index (χ3n) is 5.14. The van der Waals surface area contributed by atoms with Gasteiger partial charge in [0.2, 0.25) is 0 Å². The summed E-state index contributed by atoms with van der Waals surface area (Å²) < 4.78 is 23.9. The Morgan fingerprint density at radius 2 is 1.40 bits per heavy atom. The number of hydrogen-bond donors (Lipinski definition) is 1. The summed E-state index contributed by atoms with van der Waals surface area (Å²) in [5, 5.41) is 2.91. The maximum Gasteiger partial charge on any atom is 0.251 e. The van der Waals surface area contributed by atoms with Gasteiger partial charge in [0, 0.05) is 23.6 Å². The van der Waals surface area contributed by atoms with Crippen LogP contribution in [0, 0.1) is 0 Å². The Hall–Kier alpha value is -2.47. The fourth-order valence-corrected chi connectivity index (χ4v) is 3.76. The van der Waals surface area contributed by atoms with Gasteiger partial charge in [0.15, 0.2) is 15.6 Å². The van der Waals surface area contributed by atoms with E-state index < -0.39 is 14.6 Å². The summed E-state index contributed by atoms with van der Waals surface area (Å²) in [6.07, 6.45) is 1.08. The Balaban J connectivity index is 2.02. The molecular weight excluding hydrogens is 398 g/mol. The quantitative estimate of drug-likeness (QED) is 0.633. The lowest BCUT2D eigenvalue weighted by atomic mass is 10.0. The first-order valence-electron chi connectivity index (χ1n) is 10.2. The number of amides is 1. The van der Waals surface area contributed by atoms with Gasteiger partial charge in [-0.25, -0.2) is 8.42 Å². The highest BCUT2D eigenvalue weighted by Gasteiger charge is 2.28. The van der Waals surface area contributed by atoms with Gasteiger partial charge in [-0.3, -0.25) is 9.59 Å². The number of rotatable bonds is 8. The van der Waals surface area contributed by atoms with E-state index in [-0.39, 0.29) is 29.9 Å². The molecule has 0 aliphatic heterocycles. The Kier molecular flexibility index (Phi) is 7.59. The maximum atomic E-state index is 12.6. The average molecular weight is 430 g/mol. The van der Waals surface area contributed by atoms with E-state index in [4.69, 9.17) is 0 Å². The topological polar surface area (TPSA) is 80.3 Å². The number of Topliss-reactive ketones (excluding diaryl/α,β-unsaturated/α-hetero) is 1. The molecule has 1 amide bonds. The number of ketones is 1. The first kappa shape index (κ1) is 23.8. The first-order valence-corrected chi connectivity index (χ1v) is 11.8. The molecule has 0 bridgehead atoms. The van der Waals surface area contributed by atoms with Crippen molar-refractivity contribution < 1.29 is 18.0 Å². The normalized spacial score (nSPS) is 13.0. The molecule has 2 aromatic rings. The molecular formula is C24H31NO4S. The lowest BCUT2D eigenvalue weighted by Gasteiger charge is -2.19. The average Bonchev–Trinajstić information content (AvgIpc) is 2.67. The van der Waals surface area contributed by atoms with E-state index in [9.17, 15) is 18.0 Å². The third-order valence-corrected chi connectivity index (χ3v) is 7.72. The molecule has 6 heteroatoms. The minimum atomic E-state index is -3.27. The SMILES string of the molecule is CCC(C)NC(=O)c1ccc(CC(=O)c2ccc(CS(=O)(=O)C(C)(C)C)cc2)cc1. The largest absolute Gasteiger partial charge is 0.350 e. The van der Waals surface area contributed by atoms with E-state index in [2.05, 4.69) is 5.32 Å². The van der Waals surface area contributed by atoms with E-state index in [1.54, 1.807) is 69.3 Å². The van der Waals surface area contributed by atoms with Crippen LogP contribution in [0.3, 0.4) is 0 Å². The predicted octanol–water partition coefficient (Wildman–Crippen LogP) is 4.35. The van der Waals surface area contributed by atoms with E-state index in [0.717, 1.165) is 12.0 Å². The summed E-state index contributed by atoms with van der Waals surface area (Å²) in [6, 6.07) is 13.9. The number of benzene rings is 2. The monoisotopic (exact) mass is 429 g/mol. The van der Waals surface area contributed by atoms with Gasteiger partial charge in [0.1, 0.15) is 0 Å². The van der Waals surface area contributed by atoms with Crippen molar-refractivity contribution in [1.29, 1.82) is 0 Å². The van der Waals surface area contributed by atoms with Crippen LogP contribution in [0.15, 0.2) is 48.5 Å². The molecule has 0 aliphatic carbocycles. The standard InChI is InChI=1S/C24H31NO4S/c1-6-17(2)25-23(27)21-13-7-18(8-14-21)15-22(26)20-11-9-19(10-12-20)16-30(28,29)24(3,4)5/h7-14,17H,6,15-16H2,1-5H3,(H,25,27). The van der Waals surface area contributed by atoms with Crippen LogP contribution in [0.1, 0.15) is 72.9 Å². The molecule has 0 radical (unpaired) electrons. The van der Waals surface area contributed by atoms with E-state index in [1.165, 1.54) is 0 Å². The predicted molar refractivity (Wildman–Crippen MR) is 121 cm³/mol. The summed E-state index contributed by atoms with van der Waals surface area (Å²) in [7, 11) is -3.27. The van der Waals surface area contributed by atoms with Crippen LogP contribution >= 0.6 is 0 Å². The first-order chi connectivity index (χ1) is 13.9. The molecule has 162 valence electrons. The number of hydrogen-bond acceptors (Lipinski definition) is 4. The van der Waals surface area contributed by atoms with Crippen LogP contribution in [-0.2, 0) is 22.0 Å². The van der Waals surface area contributed by atoms with Crippen molar-refractivity contribution in [2.24, 2.45) is 0 Å². The highest BCUT2D eigenvalue weighted by atomic mass is 32.2. The summed E-state index contributed by atoms with van der Waals surface area (Å²) in [4.78, 5) is 24.7. The lowest BCUT2D eigenvalue weighted by Crippen LogP contribution is -2.31. The highest BCUT2D eigenvalue weighted by molar-refractivity contribution is 7.91. The third kappa shape index (κ3) is 6.26. The highest BCUT2D eigenvalue weighted by Crippen LogP contribution is 2.21. The fraction of sp³-hybridized carbons (Fsp3) is 0.417. The molecule has 0 saturated heterocycles. The van der Waals surface area contributed by atoms with E-state index >= 15 is 0 Å². The van der Waals surface area contributed by atoms with Crippen LogP contribution in [0.25, 0.3) is 0 Å². The molecule has 30 heavy (non-hydrogen) atoms. The van der Waals surface area contributed by atoms with Crippen molar-refractivity contribution in [2.45, 2.75) is 64.0 Å². The van der Waals surface area contributed by atoms with Crippen molar-refractivity contribution in [2.75, 3.05) is 0 Å². The maximum absolute atomic E-state index is 12.6. The van der Waals surface area contributed by atoms with Crippen LogP contribution in [0.5, 0.6) is 0 Å². The molecule has 1 unspecified atom stereocenters. The van der Waals surface area contributed by atoms with Crippen molar-refractivity contribution in [3.8, 4) is 0 Å². The van der Waals surface area contributed by atoms with Gasteiger partial charge >= 0.3 is 0 Å². The van der Waals surface area contributed by atoms with Gasteiger partial charge in [0.05, 0.1) is 10.5 Å². The zero-order valence-electron chi connectivity index (χ0n) is 18.4. The van der Waals surface area contributed by atoms with Crippen molar-refractivity contribution >= 4 is 21.5 Å². The molecule has 5 nitrogen and oxygen atoms in total. The minimum Gasteiger partial charge on any atom is -0.350 e. The van der Waals surface area contributed by atoms with Gasteiger partial charge in [-0.1, -0.05) is 43.3 Å². The minimum absolute atomic E-state index is 0.0505. The Labute approximate surface area is 179 Å². The van der Waals surface area contributed by atoms with Crippen LogP contribution in [0.2, 0.25) is 0 Å². The number of sulfone groups is 1. The smallest absolute Gasteiger partial charge is 0.251 e. The van der Waals surface area contributed by atoms with Gasteiger partial charge in [-0.2, -0.15) is 0 Å². The second kappa shape index (κ2) is 9.56. The lowest BCUT2D eigenvalue weighted by molar-refractivity contribution is 0.0938. The van der Waals surface area contributed by atoms with E-state index in [0.29, 0.717) is 16.7 Å². The molecule has 0 fully saturated rings. The number of nitrogens with one attached hydrogen (secondary N) is 1. The van der Waals surface area contributed by atoms with Crippen LogP contribution in [0.4, 0.5) is 0 Å². The molecule has 0 spiro atoms. The fourth-order valence-electron chi connectivity index (χ4n) is 2.69. The van der Waals surface area contributed by atoms with Crippen molar-refractivity contribution in [1.82, 2.24) is 5.32 Å². The van der Waals surface area contributed by atoms with Gasteiger partial charge in [-0.05, 0) is 57.4 Å². The van der Waals surface area contributed by atoms with Gasteiger partial charge < -0.3 is 5.32 Å². The molecule has 0 heterocycles. The molecule has 0 aliphatic rings. The van der Waals surface area contributed by atoms with Crippen LogP contribution < -0.4 is 5.32 Å². The Morgan fingerprint density at radius 1 is 0.900 bits per heavy atom. The molecule has 0 aromatic heterocycles. The molecule has 1 atom stereocenters. The van der Waals surface area contributed by atoms with Gasteiger partial charge in [-0.15, -0.1) is 0 Å². The zero-order chi connectivity index (χ0) is 22.5.